The number of halogens is 2. The molecule has 1 rings (SSSR count). The van der Waals surface area contributed by atoms with Crippen molar-refractivity contribution in [2.45, 2.75) is 25.8 Å². The predicted octanol–water partition coefficient (Wildman–Crippen LogP) is 3.34. The van der Waals surface area contributed by atoms with Gasteiger partial charge in [0.05, 0.1) is 5.88 Å². The zero-order chi connectivity index (χ0) is 13.7. The molecule has 4 heteroatoms. The Labute approximate surface area is 114 Å². The van der Waals surface area contributed by atoms with Gasteiger partial charge in [0.1, 0.15) is 5.82 Å². The van der Waals surface area contributed by atoms with E-state index in [-0.39, 0.29) is 11.7 Å². The molecule has 0 heterocycles. The van der Waals surface area contributed by atoms with Crippen LogP contribution in [0.3, 0.4) is 0 Å². The van der Waals surface area contributed by atoms with Gasteiger partial charge in [0.15, 0.2) is 0 Å². The lowest BCUT2D eigenvalue weighted by molar-refractivity contribution is 0.372. The Morgan fingerprint density at radius 2 is 2.00 bits per heavy atom. The van der Waals surface area contributed by atoms with Gasteiger partial charge in [-0.3, -0.25) is 0 Å². The maximum atomic E-state index is 13.8. The molecule has 102 valence electrons. The molecule has 0 radical (unpaired) electrons. The lowest BCUT2D eigenvalue weighted by atomic mass is 10.1. The van der Waals surface area contributed by atoms with Gasteiger partial charge >= 0.3 is 0 Å². The summed E-state index contributed by atoms with van der Waals surface area (Å²) in [7, 11) is 4.08. The van der Waals surface area contributed by atoms with E-state index in [1.165, 1.54) is 6.07 Å². The van der Waals surface area contributed by atoms with Crippen molar-refractivity contribution >= 4 is 17.3 Å². The van der Waals surface area contributed by atoms with Crippen LogP contribution in [0.2, 0.25) is 0 Å². The maximum Gasteiger partial charge on any atom is 0.129 e. The van der Waals surface area contributed by atoms with Crippen LogP contribution >= 0.6 is 11.6 Å². The minimum absolute atomic E-state index is 0.202. The highest BCUT2D eigenvalue weighted by atomic mass is 35.5. The standard InChI is InChI=1S/C14H22ClFN2/c1-5-18(11(2)10-17(3)4)14-8-6-7-13(16)12(14)9-15/h6-8,11H,5,9-10H2,1-4H3. The van der Waals surface area contributed by atoms with Gasteiger partial charge in [0, 0.05) is 30.4 Å². The molecule has 0 aromatic heterocycles. The van der Waals surface area contributed by atoms with E-state index in [0.717, 1.165) is 18.8 Å². The summed E-state index contributed by atoms with van der Waals surface area (Å²) in [5, 5.41) is 0. The molecule has 1 unspecified atom stereocenters. The molecule has 1 aromatic carbocycles. The number of benzene rings is 1. The molecule has 0 aliphatic rings. The zero-order valence-corrected chi connectivity index (χ0v) is 12.3. The van der Waals surface area contributed by atoms with Crippen molar-refractivity contribution in [3.63, 3.8) is 0 Å². The number of alkyl halides is 1. The first-order valence-corrected chi connectivity index (χ1v) is 6.79. The Morgan fingerprint density at radius 3 is 2.50 bits per heavy atom. The molecule has 0 aliphatic heterocycles. The Hall–Kier alpha value is -0.800. The van der Waals surface area contributed by atoms with Crippen LogP contribution in [-0.4, -0.2) is 38.1 Å². The van der Waals surface area contributed by atoms with Crippen molar-refractivity contribution in [1.29, 1.82) is 0 Å². The van der Waals surface area contributed by atoms with E-state index >= 15 is 0 Å². The van der Waals surface area contributed by atoms with Gasteiger partial charge in [-0.15, -0.1) is 11.6 Å². The van der Waals surface area contributed by atoms with Crippen molar-refractivity contribution in [2.75, 3.05) is 32.1 Å². The Balaban J connectivity index is 3.05. The lowest BCUT2D eigenvalue weighted by Crippen LogP contribution is -2.40. The van der Waals surface area contributed by atoms with Gasteiger partial charge in [0.25, 0.3) is 0 Å². The molecule has 0 N–H and O–H groups in total. The second-order valence-corrected chi connectivity index (χ2v) is 5.04. The fourth-order valence-corrected chi connectivity index (χ4v) is 2.56. The van der Waals surface area contributed by atoms with Crippen molar-refractivity contribution in [3.05, 3.63) is 29.6 Å². The van der Waals surface area contributed by atoms with E-state index in [1.807, 2.05) is 20.2 Å². The number of hydrogen-bond donors (Lipinski definition) is 0. The Morgan fingerprint density at radius 1 is 1.33 bits per heavy atom. The monoisotopic (exact) mass is 272 g/mol. The summed E-state index contributed by atoms with van der Waals surface area (Å²) in [5.74, 6) is -0.0225. The Bertz CT molecular complexity index is 382. The number of hydrogen-bond acceptors (Lipinski definition) is 2. The molecule has 0 fully saturated rings. The summed E-state index contributed by atoms with van der Waals surface area (Å²) in [6, 6.07) is 5.46. The average molecular weight is 273 g/mol. The van der Waals surface area contributed by atoms with Crippen LogP contribution in [-0.2, 0) is 5.88 Å². The third-order valence-corrected chi connectivity index (χ3v) is 3.31. The fourth-order valence-electron chi connectivity index (χ4n) is 2.30. The number of anilines is 1. The fraction of sp³-hybridized carbons (Fsp3) is 0.571. The summed E-state index contributed by atoms with van der Waals surface area (Å²) in [6.07, 6.45) is 0. The average Bonchev–Trinajstić information content (AvgIpc) is 2.29. The zero-order valence-electron chi connectivity index (χ0n) is 11.6. The minimum Gasteiger partial charge on any atom is -0.367 e. The smallest absolute Gasteiger partial charge is 0.129 e. The van der Waals surface area contributed by atoms with Crippen LogP contribution in [0.4, 0.5) is 10.1 Å². The molecule has 0 amide bonds. The van der Waals surface area contributed by atoms with Crippen LogP contribution in [0, 0.1) is 5.82 Å². The topological polar surface area (TPSA) is 6.48 Å². The molecular weight excluding hydrogens is 251 g/mol. The van der Waals surface area contributed by atoms with Crippen LogP contribution in [0.5, 0.6) is 0 Å². The number of likely N-dealkylation sites (N-methyl/N-ethyl adjacent to an activating group) is 2. The molecule has 0 saturated carbocycles. The molecule has 1 aromatic rings. The third kappa shape index (κ3) is 3.59. The minimum atomic E-state index is -0.224. The van der Waals surface area contributed by atoms with E-state index in [1.54, 1.807) is 6.07 Å². The van der Waals surface area contributed by atoms with E-state index in [4.69, 9.17) is 11.6 Å². The summed E-state index contributed by atoms with van der Waals surface area (Å²) in [5.41, 5.74) is 1.49. The summed E-state index contributed by atoms with van der Waals surface area (Å²) in [4.78, 5) is 4.33. The van der Waals surface area contributed by atoms with Crippen LogP contribution < -0.4 is 4.90 Å². The molecule has 0 aliphatic carbocycles. The first-order valence-electron chi connectivity index (χ1n) is 6.26. The van der Waals surface area contributed by atoms with Crippen LogP contribution in [0.25, 0.3) is 0 Å². The Kier molecular flexibility index (Phi) is 5.89. The number of nitrogens with zero attached hydrogens (tertiary/aromatic N) is 2. The molecule has 18 heavy (non-hydrogen) atoms. The van der Waals surface area contributed by atoms with Crippen molar-refractivity contribution in [1.82, 2.24) is 4.90 Å². The molecule has 0 bridgehead atoms. The first-order chi connectivity index (χ1) is 8.51. The highest BCUT2D eigenvalue weighted by molar-refractivity contribution is 6.17. The van der Waals surface area contributed by atoms with Crippen LogP contribution in [0.15, 0.2) is 18.2 Å². The predicted molar refractivity (Wildman–Crippen MR) is 77.0 cm³/mol. The van der Waals surface area contributed by atoms with E-state index in [2.05, 4.69) is 23.6 Å². The summed E-state index contributed by atoms with van der Waals surface area (Å²) >= 11 is 5.87. The second kappa shape index (κ2) is 6.95. The third-order valence-electron chi connectivity index (χ3n) is 3.04. The van der Waals surface area contributed by atoms with Gasteiger partial charge in [-0.25, -0.2) is 4.39 Å². The quantitative estimate of drug-likeness (QED) is 0.733. The van der Waals surface area contributed by atoms with Crippen molar-refractivity contribution in [3.8, 4) is 0 Å². The first kappa shape index (κ1) is 15.3. The number of rotatable bonds is 6. The highest BCUT2D eigenvalue weighted by Crippen LogP contribution is 2.26. The van der Waals surface area contributed by atoms with Gasteiger partial charge in [-0.05, 0) is 40.1 Å². The van der Waals surface area contributed by atoms with Crippen molar-refractivity contribution in [2.24, 2.45) is 0 Å². The molecule has 2 nitrogen and oxygen atoms in total. The van der Waals surface area contributed by atoms with Crippen molar-refractivity contribution < 1.29 is 4.39 Å². The van der Waals surface area contributed by atoms with Gasteiger partial charge in [0.2, 0.25) is 0 Å². The van der Waals surface area contributed by atoms with Gasteiger partial charge in [-0.1, -0.05) is 6.07 Å². The van der Waals surface area contributed by atoms with Gasteiger partial charge < -0.3 is 9.80 Å². The molecular formula is C14H22ClFN2. The van der Waals surface area contributed by atoms with E-state index in [0.29, 0.717) is 11.6 Å². The summed E-state index contributed by atoms with van der Waals surface area (Å²) < 4.78 is 13.8. The van der Waals surface area contributed by atoms with Gasteiger partial charge in [-0.2, -0.15) is 0 Å². The molecule has 0 saturated heterocycles. The molecule has 1 atom stereocenters. The summed E-state index contributed by atoms with van der Waals surface area (Å²) in [6.45, 7) is 5.98. The van der Waals surface area contributed by atoms with Crippen LogP contribution in [0.1, 0.15) is 19.4 Å². The normalized spacial score (nSPS) is 12.8. The maximum absolute atomic E-state index is 13.8. The highest BCUT2D eigenvalue weighted by Gasteiger charge is 2.18. The van der Waals surface area contributed by atoms with E-state index < -0.39 is 0 Å². The SMILES string of the molecule is CCN(c1cccc(F)c1CCl)C(C)CN(C)C. The molecule has 0 spiro atoms. The lowest BCUT2D eigenvalue weighted by Gasteiger charge is -2.33. The van der Waals surface area contributed by atoms with E-state index in [9.17, 15) is 4.39 Å². The second-order valence-electron chi connectivity index (χ2n) is 4.77. The largest absolute Gasteiger partial charge is 0.367 e.